The number of carboxylic acid groups (broad SMARTS) is 1. The summed E-state index contributed by atoms with van der Waals surface area (Å²) < 4.78 is 9.89. The van der Waals surface area contributed by atoms with Crippen molar-refractivity contribution in [2.24, 2.45) is 11.3 Å². The molecule has 1 aliphatic carbocycles. The van der Waals surface area contributed by atoms with Gasteiger partial charge in [0.25, 0.3) is 0 Å². The smallest absolute Gasteiger partial charge is 0.319 e. The van der Waals surface area contributed by atoms with E-state index >= 15 is 0 Å². The molecule has 0 heterocycles. The number of carbonyl (C=O) groups is 3. The van der Waals surface area contributed by atoms with Gasteiger partial charge in [-0.1, -0.05) is 12.1 Å². The lowest BCUT2D eigenvalue weighted by Gasteiger charge is -2.39. The molecule has 2 rings (SSSR count). The maximum absolute atomic E-state index is 12.9. The van der Waals surface area contributed by atoms with E-state index in [-0.39, 0.29) is 18.1 Å². The Balaban J connectivity index is 2.36. The van der Waals surface area contributed by atoms with Crippen molar-refractivity contribution in [3.05, 3.63) is 29.8 Å². The molecule has 0 aliphatic heterocycles. The number of benzene rings is 1. The predicted octanol–water partition coefficient (Wildman–Crippen LogP) is 2.41. The first-order valence-corrected chi connectivity index (χ1v) is 7.82. The molecule has 0 saturated heterocycles. The number of ketones is 1. The summed E-state index contributed by atoms with van der Waals surface area (Å²) in [6.45, 7) is 1.54. The molecule has 6 heteroatoms. The van der Waals surface area contributed by atoms with Gasteiger partial charge >= 0.3 is 11.9 Å². The summed E-state index contributed by atoms with van der Waals surface area (Å²) in [7, 11) is 2.80. The zero-order chi connectivity index (χ0) is 17.9. The number of Topliss-reactive ketones (excluding diaryl/α,β-unsaturated/α-hetero) is 1. The fourth-order valence-electron chi connectivity index (χ4n) is 3.46. The Labute approximate surface area is 140 Å². The summed E-state index contributed by atoms with van der Waals surface area (Å²) in [5, 5.41) is 9.21. The van der Waals surface area contributed by atoms with Gasteiger partial charge in [0.05, 0.1) is 20.6 Å². The van der Waals surface area contributed by atoms with Crippen LogP contribution in [0.15, 0.2) is 24.3 Å². The van der Waals surface area contributed by atoms with Gasteiger partial charge < -0.3 is 14.6 Å². The summed E-state index contributed by atoms with van der Waals surface area (Å²) in [5.41, 5.74) is -0.403. The fraction of sp³-hybridized carbons (Fsp3) is 0.500. The first-order valence-electron chi connectivity index (χ1n) is 7.82. The lowest BCUT2D eigenvalue weighted by Crippen LogP contribution is -2.47. The van der Waals surface area contributed by atoms with Crippen LogP contribution < -0.4 is 4.74 Å². The molecule has 0 unspecified atom stereocenters. The second-order valence-corrected chi connectivity index (χ2v) is 6.31. The van der Waals surface area contributed by atoms with Crippen LogP contribution in [0.4, 0.5) is 0 Å². The Morgan fingerprint density at radius 3 is 2.38 bits per heavy atom. The number of rotatable bonds is 5. The first kappa shape index (κ1) is 18.0. The zero-order valence-corrected chi connectivity index (χ0v) is 14.1. The SMILES string of the molecule is COC(=O)[C@@]1(C)CC[C@H](c2ccc(OC)cc2)[C@H](CC(=O)O)C1=O. The van der Waals surface area contributed by atoms with Crippen LogP contribution in [0.5, 0.6) is 5.75 Å². The van der Waals surface area contributed by atoms with Crippen LogP contribution >= 0.6 is 0 Å². The number of ether oxygens (including phenoxy) is 2. The highest BCUT2D eigenvalue weighted by Crippen LogP contribution is 2.46. The quantitative estimate of drug-likeness (QED) is 0.657. The summed E-state index contributed by atoms with van der Waals surface area (Å²) in [5.74, 6) is -2.32. The number of hydrogen-bond acceptors (Lipinski definition) is 5. The predicted molar refractivity (Wildman–Crippen MR) is 85.8 cm³/mol. The fourth-order valence-corrected chi connectivity index (χ4v) is 3.46. The maximum Gasteiger partial charge on any atom is 0.319 e. The van der Waals surface area contributed by atoms with E-state index in [9.17, 15) is 19.5 Å². The van der Waals surface area contributed by atoms with Crippen molar-refractivity contribution < 1.29 is 29.0 Å². The Hall–Kier alpha value is -2.37. The van der Waals surface area contributed by atoms with Crippen LogP contribution in [0.1, 0.15) is 37.7 Å². The molecule has 1 fully saturated rings. The second-order valence-electron chi connectivity index (χ2n) is 6.31. The third-order valence-electron chi connectivity index (χ3n) is 4.90. The largest absolute Gasteiger partial charge is 0.497 e. The topological polar surface area (TPSA) is 89.9 Å². The maximum atomic E-state index is 12.9. The highest BCUT2D eigenvalue weighted by atomic mass is 16.5. The molecule has 0 amide bonds. The third kappa shape index (κ3) is 3.27. The molecule has 1 saturated carbocycles. The van der Waals surface area contributed by atoms with E-state index < -0.39 is 23.3 Å². The molecule has 0 aromatic heterocycles. The first-order chi connectivity index (χ1) is 11.3. The van der Waals surface area contributed by atoms with E-state index in [4.69, 9.17) is 9.47 Å². The molecule has 1 aromatic carbocycles. The van der Waals surface area contributed by atoms with Crippen LogP contribution in [-0.4, -0.2) is 37.0 Å². The molecule has 1 N–H and O–H groups in total. The van der Waals surface area contributed by atoms with E-state index in [0.29, 0.717) is 18.6 Å². The highest BCUT2D eigenvalue weighted by molar-refractivity contribution is 6.06. The van der Waals surface area contributed by atoms with Crippen LogP contribution in [0.25, 0.3) is 0 Å². The summed E-state index contributed by atoms with van der Waals surface area (Å²) in [6.07, 6.45) is 0.578. The molecule has 0 bridgehead atoms. The highest BCUT2D eigenvalue weighted by Gasteiger charge is 2.51. The molecule has 6 nitrogen and oxygen atoms in total. The zero-order valence-electron chi connectivity index (χ0n) is 14.1. The number of carboxylic acids is 1. The standard InChI is InChI=1S/C18H22O6/c1-18(17(22)24-3)9-8-13(14(16(18)21)10-15(19)20)11-4-6-12(23-2)7-5-11/h4-7,13-14H,8-10H2,1-3H3,(H,19,20)/t13-,14+,18+/m1/s1. The average molecular weight is 334 g/mol. The lowest BCUT2D eigenvalue weighted by molar-refractivity contribution is -0.163. The van der Waals surface area contributed by atoms with Crippen molar-refractivity contribution in [3.8, 4) is 5.75 Å². The molecule has 1 aliphatic rings. The van der Waals surface area contributed by atoms with Crippen molar-refractivity contribution in [1.29, 1.82) is 0 Å². The van der Waals surface area contributed by atoms with E-state index in [1.807, 2.05) is 12.1 Å². The van der Waals surface area contributed by atoms with Gasteiger partial charge in [0.1, 0.15) is 11.2 Å². The van der Waals surface area contributed by atoms with Crippen molar-refractivity contribution in [2.75, 3.05) is 14.2 Å². The van der Waals surface area contributed by atoms with Crippen molar-refractivity contribution >= 4 is 17.7 Å². The molecule has 0 spiro atoms. The van der Waals surface area contributed by atoms with Crippen molar-refractivity contribution in [1.82, 2.24) is 0 Å². The van der Waals surface area contributed by atoms with Crippen molar-refractivity contribution in [2.45, 2.75) is 32.1 Å². The van der Waals surface area contributed by atoms with Gasteiger partial charge in [0.15, 0.2) is 5.78 Å². The molecule has 3 atom stereocenters. The monoisotopic (exact) mass is 334 g/mol. The minimum absolute atomic E-state index is 0.239. The van der Waals surface area contributed by atoms with Gasteiger partial charge in [0, 0.05) is 5.92 Å². The lowest BCUT2D eigenvalue weighted by atomic mass is 9.62. The van der Waals surface area contributed by atoms with E-state index in [2.05, 4.69) is 0 Å². The van der Waals surface area contributed by atoms with Gasteiger partial charge in [-0.05, 0) is 43.4 Å². The number of methoxy groups -OCH3 is 2. The number of carbonyl (C=O) groups excluding carboxylic acids is 2. The van der Waals surface area contributed by atoms with Crippen LogP contribution in [0, 0.1) is 11.3 Å². The molecule has 0 radical (unpaired) electrons. The Morgan fingerprint density at radius 2 is 1.88 bits per heavy atom. The Morgan fingerprint density at radius 1 is 1.25 bits per heavy atom. The molecule has 130 valence electrons. The van der Waals surface area contributed by atoms with E-state index in [1.165, 1.54) is 7.11 Å². The second kappa shape index (κ2) is 7.03. The van der Waals surface area contributed by atoms with Gasteiger partial charge in [-0.3, -0.25) is 14.4 Å². The third-order valence-corrected chi connectivity index (χ3v) is 4.90. The Bertz CT molecular complexity index is 635. The number of hydrogen-bond donors (Lipinski definition) is 1. The average Bonchev–Trinajstić information content (AvgIpc) is 2.58. The molecule has 1 aromatic rings. The van der Waals surface area contributed by atoms with Gasteiger partial charge in [-0.25, -0.2) is 0 Å². The van der Waals surface area contributed by atoms with Crippen LogP contribution in [0.2, 0.25) is 0 Å². The van der Waals surface area contributed by atoms with Gasteiger partial charge in [0.2, 0.25) is 0 Å². The van der Waals surface area contributed by atoms with Crippen LogP contribution in [0.3, 0.4) is 0 Å². The normalized spacial score (nSPS) is 26.7. The molecular weight excluding hydrogens is 312 g/mol. The summed E-state index contributed by atoms with van der Waals surface area (Å²) in [6, 6.07) is 7.25. The molecular formula is C18H22O6. The van der Waals surface area contributed by atoms with Gasteiger partial charge in [-0.2, -0.15) is 0 Å². The van der Waals surface area contributed by atoms with E-state index in [0.717, 1.165) is 5.56 Å². The Kier molecular flexibility index (Phi) is 5.26. The van der Waals surface area contributed by atoms with Gasteiger partial charge in [-0.15, -0.1) is 0 Å². The van der Waals surface area contributed by atoms with Crippen LogP contribution in [-0.2, 0) is 19.1 Å². The minimum Gasteiger partial charge on any atom is -0.497 e. The number of aliphatic carboxylic acids is 1. The number of esters is 1. The van der Waals surface area contributed by atoms with E-state index in [1.54, 1.807) is 26.2 Å². The van der Waals surface area contributed by atoms with Crippen molar-refractivity contribution in [3.63, 3.8) is 0 Å². The minimum atomic E-state index is -1.28. The summed E-state index contributed by atoms with van der Waals surface area (Å²) in [4.78, 5) is 36.2. The summed E-state index contributed by atoms with van der Waals surface area (Å²) >= 11 is 0. The molecule has 24 heavy (non-hydrogen) atoms.